The molecule has 0 aliphatic heterocycles. The van der Waals surface area contributed by atoms with Crippen LogP contribution in [0.5, 0.6) is 0 Å². The van der Waals surface area contributed by atoms with Crippen LogP contribution in [0.15, 0.2) is 30.3 Å². The Balaban J connectivity index is 2.12. The highest BCUT2D eigenvalue weighted by atomic mass is 28.4. The van der Waals surface area contributed by atoms with Crippen LogP contribution in [0.25, 0.3) is 0 Å². The Bertz CT molecular complexity index is 550. The van der Waals surface area contributed by atoms with Crippen LogP contribution in [0.4, 0.5) is 0 Å². The van der Waals surface area contributed by atoms with Crippen molar-refractivity contribution in [2.24, 2.45) is 5.92 Å². The Morgan fingerprint density at radius 3 is 2.38 bits per heavy atom. The van der Waals surface area contributed by atoms with E-state index in [0.717, 1.165) is 5.56 Å². The van der Waals surface area contributed by atoms with E-state index < -0.39 is 14.2 Å². The van der Waals surface area contributed by atoms with Gasteiger partial charge in [-0.1, -0.05) is 51.1 Å². The molecule has 0 radical (unpaired) electrons. The average Bonchev–Trinajstić information content (AvgIpc) is 2.79. The Kier molecular flexibility index (Phi) is 6.02. The van der Waals surface area contributed by atoms with Crippen LogP contribution in [-0.2, 0) is 20.6 Å². The standard InChI is InChI=1S/C19H30O4Si/c1-19(2,3)24(4,5)23-17-11-16(21)15(12-20)18(17)22-13-14-9-7-6-8-10-14/h6-10,15,17-18,20H,11-13H2,1-5H3/t15-,17-,18+/m0/s1. The van der Waals surface area contributed by atoms with Gasteiger partial charge in [-0.15, -0.1) is 0 Å². The number of ether oxygens (including phenoxy) is 1. The molecule has 0 aromatic heterocycles. The fourth-order valence-electron chi connectivity index (χ4n) is 2.77. The highest BCUT2D eigenvalue weighted by Gasteiger charge is 2.48. The number of hydrogen-bond acceptors (Lipinski definition) is 4. The fourth-order valence-corrected chi connectivity index (χ4v) is 4.10. The zero-order valence-electron chi connectivity index (χ0n) is 15.4. The van der Waals surface area contributed by atoms with E-state index in [4.69, 9.17) is 9.16 Å². The first-order chi connectivity index (χ1) is 11.2. The summed E-state index contributed by atoms with van der Waals surface area (Å²) < 4.78 is 12.5. The zero-order valence-corrected chi connectivity index (χ0v) is 16.4. The number of hydrogen-bond donors (Lipinski definition) is 1. The maximum Gasteiger partial charge on any atom is 0.192 e. The third-order valence-electron chi connectivity index (χ3n) is 5.31. The first kappa shape index (κ1) is 19.3. The van der Waals surface area contributed by atoms with Gasteiger partial charge >= 0.3 is 0 Å². The molecule has 1 aromatic rings. The van der Waals surface area contributed by atoms with Crippen molar-refractivity contribution in [2.45, 2.75) is 64.1 Å². The predicted octanol–water partition coefficient (Wildman–Crippen LogP) is 3.54. The molecule has 1 aromatic carbocycles. The summed E-state index contributed by atoms with van der Waals surface area (Å²) in [5.74, 6) is -0.442. The minimum Gasteiger partial charge on any atom is -0.411 e. The second-order valence-electron chi connectivity index (χ2n) is 8.14. The lowest BCUT2D eigenvalue weighted by atomic mass is 10.1. The van der Waals surface area contributed by atoms with E-state index >= 15 is 0 Å². The number of carbonyl (C=O) groups excluding carboxylic acids is 1. The zero-order chi connectivity index (χ0) is 18.0. The van der Waals surface area contributed by atoms with E-state index in [1.807, 2.05) is 30.3 Å². The van der Waals surface area contributed by atoms with E-state index in [9.17, 15) is 9.90 Å². The van der Waals surface area contributed by atoms with Crippen molar-refractivity contribution in [2.75, 3.05) is 6.61 Å². The number of Topliss-reactive ketones (excluding diaryl/α,β-unsaturated/α-hetero) is 1. The average molecular weight is 351 g/mol. The summed E-state index contributed by atoms with van der Waals surface area (Å²) in [6.45, 7) is 11.1. The molecule has 1 aliphatic rings. The third-order valence-corrected chi connectivity index (χ3v) is 9.82. The number of rotatable bonds is 6. The van der Waals surface area contributed by atoms with Gasteiger partial charge in [-0.3, -0.25) is 4.79 Å². The number of aliphatic hydroxyl groups excluding tert-OH is 1. The number of benzene rings is 1. The van der Waals surface area contributed by atoms with Gasteiger partial charge in [0.1, 0.15) is 5.78 Å². The van der Waals surface area contributed by atoms with Gasteiger partial charge in [0.2, 0.25) is 0 Å². The summed E-state index contributed by atoms with van der Waals surface area (Å²) in [7, 11) is -2.01. The lowest BCUT2D eigenvalue weighted by molar-refractivity contribution is -0.124. The molecule has 1 aliphatic carbocycles. The lowest BCUT2D eigenvalue weighted by Crippen LogP contribution is -2.47. The van der Waals surface area contributed by atoms with Crippen LogP contribution in [0.3, 0.4) is 0 Å². The molecule has 0 unspecified atom stereocenters. The summed E-state index contributed by atoms with van der Waals surface area (Å²) in [5, 5.41) is 9.70. The molecule has 3 atom stereocenters. The van der Waals surface area contributed by atoms with E-state index in [1.165, 1.54) is 0 Å². The van der Waals surface area contributed by atoms with Gasteiger partial charge in [-0.25, -0.2) is 0 Å². The van der Waals surface area contributed by atoms with E-state index in [0.29, 0.717) is 13.0 Å². The highest BCUT2D eigenvalue weighted by Crippen LogP contribution is 2.40. The Hall–Kier alpha value is -1.01. The molecular formula is C19H30O4Si. The molecule has 2 rings (SSSR count). The van der Waals surface area contributed by atoms with Gasteiger partial charge in [0.15, 0.2) is 8.32 Å². The van der Waals surface area contributed by atoms with Crippen molar-refractivity contribution >= 4 is 14.1 Å². The van der Waals surface area contributed by atoms with Gasteiger partial charge in [0.05, 0.1) is 31.3 Å². The number of aliphatic hydroxyl groups is 1. The molecule has 5 heteroatoms. The van der Waals surface area contributed by atoms with Gasteiger partial charge in [-0.05, 0) is 23.7 Å². The van der Waals surface area contributed by atoms with Crippen molar-refractivity contribution in [3.8, 4) is 0 Å². The second-order valence-corrected chi connectivity index (χ2v) is 12.9. The maximum absolute atomic E-state index is 12.3. The normalized spacial score (nSPS) is 25.2. The van der Waals surface area contributed by atoms with Crippen LogP contribution in [0.2, 0.25) is 18.1 Å². The molecule has 0 bridgehead atoms. The molecule has 0 saturated heterocycles. The van der Waals surface area contributed by atoms with Crippen LogP contribution >= 0.6 is 0 Å². The van der Waals surface area contributed by atoms with Gasteiger partial charge in [0, 0.05) is 6.42 Å². The first-order valence-electron chi connectivity index (χ1n) is 8.62. The molecule has 0 heterocycles. The molecule has 4 nitrogen and oxygen atoms in total. The number of carbonyl (C=O) groups is 1. The molecule has 134 valence electrons. The molecule has 1 saturated carbocycles. The Labute approximate surface area is 146 Å². The van der Waals surface area contributed by atoms with E-state index in [1.54, 1.807) is 0 Å². The molecule has 0 amide bonds. The van der Waals surface area contributed by atoms with Crippen molar-refractivity contribution in [1.29, 1.82) is 0 Å². The summed E-state index contributed by atoms with van der Waals surface area (Å²) in [5.41, 5.74) is 1.06. The Morgan fingerprint density at radius 2 is 1.83 bits per heavy atom. The monoisotopic (exact) mass is 350 g/mol. The molecule has 0 spiro atoms. The minimum atomic E-state index is -2.01. The maximum atomic E-state index is 12.3. The van der Waals surface area contributed by atoms with Crippen LogP contribution in [0, 0.1) is 5.92 Å². The SMILES string of the molecule is CC(C)(C)[Si](C)(C)O[C@H]1CC(=O)[C@H](CO)[C@H]1OCc1ccccc1. The topological polar surface area (TPSA) is 55.8 Å². The Morgan fingerprint density at radius 1 is 1.21 bits per heavy atom. The molecule has 1 N–H and O–H groups in total. The van der Waals surface area contributed by atoms with Gasteiger partial charge in [-0.2, -0.15) is 0 Å². The van der Waals surface area contributed by atoms with E-state index in [-0.39, 0.29) is 29.6 Å². The summed E-state index contributed by atoms with van der Waals surface area (Å²) in [6, 6.07) is 9.88. The fraction of sp³-hybridized carbons (Fsp3) is 0.632. The predicted molar refractivity (Wildman–Crippen MR) is 97.3 cm³/mol. The van der Waals surface area contributed by atoms with E-state index in [2.05, 4.69) is 33.9 Å². The smallest absolute Gasteiger partial charge is 0.192 e. The minimum absolute atomic E-state index is 0.0410. The first-order valence-corrected chi connectivity index (χ1v) is 11.5. The summed E-state index contributed by atoms with van der Waals surface area (Å²) in [4.78, 5) is 12.3. The van der Waals surface area contributed by atoms with Crippen molar-refractivity contribution in [3.05, 3.63) is 35.9 Å². The summed E-state index contributed by atoms with van der Waals surface area (Å²) in [6.07, 6.45) is -0.312. The quantitative estimate of drug-likeness (QED) is 0.797. The molecular weight excluding hydrogens is 320 g/mol. The van der Waals surface area contributed by atoms with Crippen molar-refractivity contribution in [1.82, 2.24) is 0 Å². The largest absolute Gasteiger partial charge is 0.411 e. The van der Waals surface area contributed by atoms with Crippen LogP contribution < -0.4 is 0 Å². The van der Waals surface area contributed by atoms with Crippen LogP contribution in [0.1, 0.15) is 32.8 Å². The summed E-state index contributed by atoms with van der Waals surface area (Å²) >= 11 is 0. The second kappa shape index (κ2) is 7.48. The highest BCUT2D eigenvalue weighted by molar-refractivity contribution is 6.74. The third kappa shape index (κ3) is 4.33. The lowest BCUT2D eigenvalue weighted by Gasteiger charge is -2.39. The van der Waals surface area contributed by atoms with Crippen LogP contribution in [-0.4, -0.2) is 38.0 Å². The molecule has 24 heavy (non-hydrogen) atoms. The van der Waals surface area contributed by atoms with Gasteiger partial charge in [0.25, 0.3) is 0 Å². The van der Waals surface area contributed by atoms with Crippen molar-refractivity contribution < 1.29 is 19.1 Å². The van der Waals surface area contributed by atoms with Crippen molar-refractivity contribution in [3.63, 3.8) is 0 Å². The number of ketones is 1. The molecule has 1 fully saturated rings. The van der Waals surface area contributed by atoms with Gasteiger partial charge < -0.3 is 14.3 Å².